The minimum atomic E-state index is -0.377. The standard InChI is InChI=1S/C17H29N3O2.ClH/c1-17(2,3)16(22)20-10-4-5-14(12-20)15(21)19-11-13-6-8-18-9-7-13;/h6,14,18H,4-5,7-12H2,1-3H3,(H,19,21);1H. The van der Waals surface area contributed by atoms with Crippen LogP contribution in [0.15, 0.2) is 11.6 Å². The molecule has 2 amide bonds. The van der Waals surface area contributed by atoms with Gasteiger partial charge in [0.05, 0.1) is 5.92 Å². The number of halogens is 1. The van der Waals surface area contributed by atoms with E-state index in [1.165, 1.54) is 5.57 Å². The van der Waals surface area contributed by atoms with E-state index in [1.54, 1.807) is 0 Å². The molecule has 132 valence electrons. The Bertz CT molecular complexity index is 457. The summed E-state index contributed by atoms with van der Waals surface area (Å²) < 4.78 is 0. The van der Waals surface area contributed by atoms with Crippen LogP contribution in [-0.4, -0.2) is 49.4 Å². The molecule has 1 saturated heterocycles. The largest absolute Gasteiger partial charge is 0.352 e. The molecule has 0 aromatic heterocycles. The fraction of sp³-hybridized carbons (Fsp3) is 0.765. The normalized spacial score (nSPS) is 22.0. The van der Waals surface area contributed by atoms with E-state index in [2.05, 4.69) is 16.7 Å². The lowest BCUT2D eigenvalue weighted by atomic mass is 9.91. The first-order valence-corrected chi connectivity index (χ1v) is 8.33. The molecular formula is C17H30ClN3O2. The molecule has 2 heterocycles. The van der Waals surface area contributed by atoms with Crippen LogP contribution in [0.3, 0.4) is 0 Å². The summed E-state index contributed by atoms with van der Waals surface area (Å²) in [5.74, 6) is 0.166. The molecule has 0 spiro atoms. The maximum atomic E-state index is 12.4. The Balaban J connectivity index is 0.00000264. The summed E-state index contributed by atoms with van der Waals surface area (Å²) in [7, 11) is 0. The van der Waals surface area contributed by atoms with Gasteiger partial charge >= 0.3 is 0 Å². The van der Waals surface area contributed by atoms with E-state index in [0.29, 0.717) is 13.1 Å². The van der Waals surface area contributed by atoms with Crippen LogP contribution in [0.1, 0.15) is 40.0 Å². The van der Waals surface area contributed by atoms with E-state index in [0.717, 1.165) is 38.9 Å². The van der Waals surface area contributed by atoms with Crippen molar-refractivity contribution in [3.8, 4) is 0 Å². The first kappa shape index (κ1) is 20.0. The monoisotopic (exact) mass is 343 g/mol. The highest BCUT2D eigenvalue weighted by atomic mass is 35.5. The van der Waals surface area contributed by atoms with Crippen LogP contribution < -0.4 is 10.6 Å². The van der Waals surface area contributed by atoms with Gasteiger partial charge in [-0.05, 0) is 25.8 Å². The second kappa shape index (κ2) is 8.69. The van der Waals surface area contributed by atoms with Crippen molar-refractivity contribution in [2.24, 2.45) is 11.3 Å². The van der Waals surface area contributed by atoms with Gasteiger partial charge in [0.15, 0.2) is 0 Å². The topological polar surface area (TPSA) is 61.4 Å². The quantitative estimate of drug-likeness (QED) is 0.767. The first-order chi connectivity index (χ1) is 10.4. The molecule has 2 aliphatic heterocycles. The van der Waals surface area contributed by atoms with E-state index in [4.69, 9.17) is 0 Å². The van der Waals surface area contributed by atoms with Gasteiger partial charge in [0, 0.05) is 31.6 Å². The van der Waals surface area contributed by atoms with E-state index in [-0.39, 0.29) is 35.6 Å². The van der Waals surface area contributed by atoms with E-state index in [9.17, 15) is 9.59 Å². The zero-order valence-electron chi connectivity index (χ0n) is 14.5. The summed E-state index contributed by atoms with van der Waals surface area (Å²) in [6.45, 7) is 9.65. The van der Waals surface area contributed by atoms with Crippen LogP contribution >= 0.6 is 12.4 Å². The number of nitrogens with zero attached hydrogens (tertiary/aromatic N) is 1. The number of hydrogen-bond acceptors (Lipinski definition) is 3. The van der Waals surface area contributed by atoms with Crippen molar-refractivity contribution in [1.29, 1.82) is 0 Å². The lowest BCUT2D eigenvalue weighted by Crippen LogP contribution is -2.49. The summed E-state index contributed by atoms with van der Waals surface area (Å²) in [4.78, 5) is 26.6. The van der Waals surface area contributed by atoms with Gasteiger partial charge in [-0.2, -0.15) is 0 Å². The van der Waals surface area contributed by atoms with Crippen LogP contribution in [0.2, 0.25) is 0 Å². The zero-order chi connectivity index (χ0) is 16.2. The number of hydrogen-bond donors (Lipinski definition) is 2. The Hall–Kier alpha value is -1.07. The smallest absolute Gasteiger partial charge is 0.227 e. The van der Waals surface area contributed by atoms with Crippen molar-refractivity contribution in [3.05, 3.63) is 11.6 Å². The molecule has 2 N–H and O–H groups in total. The molecule has 0 aliphatic carbocycles. The van der Waals surface area contributed by atoms with Crippen molar-refractivity contribution in [2.45, 2.75) is 40.0 Å². The zero-order valence-corrected chi connectivity index (χ0v) is 15.3. The average Bonchev–Trinajstić information content (AvgIpc) is 2.52. The molecule has 0 bridgehead atoms. The Morgan fingerprint density at radius 3 is 2.74 bits per heavy atom. The van der Waals surface area contributed by atoms with Crippen molar-refractivity contribution >= 4 is 24.2 Å². The van der Waals surface area contributed by atoms with Crippen LogP contribution in [0.5, 0.6) is 0 Å². The lowest BCUT2D eigenvalue weighted by molar-refractivity contribution is -0.142. The third-order valence-electron chi connectivity index (χ3n) is 4.37. The second-order valence-electron chi connectivity index (χ2n) is 7.37. The maximum absolute atomic E-state index is 12.4. The summed E-state index contributed by atoms with van der Waals surface area (Å²) in [5.41, 5.74) is 0.920. The Kier molecular flexibility index (Phi) is 7.55. The summed E-state index contributed by atoms with van der Waals surface area (Å²) >= 11 is 0. The van der Waals surface area contributed by atoms with Gasteiger partial charge < -0.3 is 15.5 Å². The second-order valence-corrected chi connectivity index (χ2v) is 7.37. The number of amides is 2. The molecule has 2 aliphatic rings. The lowest BCUT2D eigenvalue weighted by Gasteiger charge is -2.36. The highest BCUT2D eigenvalue weighted by Crippen LogP contribution is 2.23. The predicted octanol–water partition coefficient (Wildman–Crippen LogP) is 1.73. The maximum Gasteiger partial charge on any atom is 0.227 e. The minimum absolute atomic E-state index is 0. The van der Waals surface area contributed by atoms with Crippen LogP contribution in [0.25, 0.3) is 0 Å². The third-order valence-corrected chi connectivity index (χ3v) is 4.37. The van der Waals surface area contributed by atoms with E-state index >= 15 is 0 Å². The highest BCUT2D eigenvalue weighted by molar-refractivity contribution is 5.85. The molecule has 0 aromatic carbocycles. The third kappa shape index (κ3) is 5.81. The van der Waals surface area contributed by atoms with E-state index in [1.807, 2.05) is 25.7 Å². The molecule has 23 heavy (non-hydrogen) atoms. The van der Waals surface area contributed by atoms with Crippen molar-refractivity contribution in [3.63, 3.8) is 0 Å². The Morgan fingerprint density at radius 2 is 2.13 bits per heavy atom. The van der Waals surface area contributed by atoms with Gasteiger partial charge in [0.25, 0.3) is 0 Å². The molecular weight excluding hydrogens is 314 g/mol. The van der Waals surface area contributed by atoms with Crippen molar-refractivity contribution in [1.82, 2.24) is 15.5 Å². The molecule has 1 fully saturated rings. The van der Waals surface area contributed by atoms with Gasteiger partial charge in [-0.25, -0.2) is 0 Å². The average molecular weight is 344 g/mol. The molecule has 6 heteroatoms. The highest BCUT2D eigenvalue weighted by Gasteiger charge is 2.33. The summed E-state index contributed by atoms with van der Waals surface area (Å²) in [6, 6.07) is 0. The molecule has 2 rings (SSSR count). The molecule has 1 unspecified atom stereocenters. The van der Waals surface area contributed by atoms with Gasteiger partial charge in [0.1, 0.15) is 0 Å². The summed E-state index contributed by atoms with van der Waals surface area (Å²) in [5, 5.41) is 6.31. The SMILES string of the molecule is CC(C)(C)C(=O)N1CCCC(C(=O)NCC2=CCNCC2)C1.Cl. The van der Waals surface area contributed by atoms with Crippen LogP contribution in [0, 0.1) is 11.3 Å². The van der Waals surface area contributed by atoms with E-state index < -0.39 is 0 Å². The number of nitrogens with one attached hydrogen (secondary N) is 2. The van der Waals surface area contributed by atoms with Crippen LogP contribution in [-0.2, 0) is 9.59 Å². The van der Waals surface area contributed by atoms with Gasteiger partial charge in [-0.15, -0.1) is 12.4 Å². The Labute approximate surface area is 145 Å². The summed E-state index contributed by atoms with van der Waals surface area (Å²) in [6.07, 6.45) is 4.94. The predicted molar refractivity (Wildman–Crippen MR) is 94.6 cm³/mol. The minimum Gasteiger partial charge on any atom is -0.352 e. The number of piperidine rings is 1. The van der Waals surface area contributed by atoms with Crippen LogP contribution in [0.4, 0.5) is 0 Å². The fourth-order valence-electron chi connectivity index (χ4n) is 3.03. The first-order valence-electron chi connectivity index (χ1n) is 8.33. The Morgan fingerprint density at radius 1 is 1.39 bits per heavy atom. The van der Waals surface area contributed by atoms with Gasteiger partial charge in [-0.1, -0.05) is 32.4 Å². The molecule has 0 aromatic rings. The van der Waals surface area contributed by atoms with Crippen molar-refractivity contribution in [2.75, 3.05) is 32.7 Å². The van der Waals surface area contributed by atoms with Gasteiger partial charge in [0.2, 0.25) is 11.8 Å². The number of carbonyl (C=O) groups is 2. The molecule has 0 radical (unpaired) electrons. The molecule has 1 atom stereocenters. The fourth-order valence-corrected chi connectivity index (χ4v) is 3.03. The van der Waals surface area contributed by atoms with Crippen molar-refractivity contribution < 1.29 is 9.59 Å². The number of likely N-dealkylation sites (tertiary alicyclic amines) is 1. The van der Waals surface area contributed by atoms with Gasteiger partial charge in [-0.3, -0.25) is 9.59 Å². The molecule has 5 nitrogen and oxygen atoms in total. The molecule has 0 saturated carbocycles. The number of carbonyl (C=O) groups excluding carboxylic acids is 2. The number of rotatable bonds is 3.